The van der Waals surface area contributed by atoms with E-state index in [1.807, 2.05) is 0 Å². The lowest BCUT2D eigenvalue weighted by atomic mass is 10.2. The molecule has 0 unspecified atom stereocenters. The van der Waals surface area contributed by atoms with Crippen molar-refractivity contribution in [3.8, 4) is 5.75 Å². The average molecular weight is 280 g/mol. The Balaban J connectivity index is 2.68. The van der Waals surface area contributed by atoms with Gasteiger partial charge in [-0.2, -0.15) is 0 Å². The number of carbonyl (C=O) groups is 1. The van der Waals surface area contributed by atoms with Gasteiger partial charge in [0.2, 0.25) is 0 Å². The molecule has 1 aromatic rings. The van der Waals surface area contributed by atoms with Gasteiger partial charge < -0.3 is 15.6 Å². The molecule has 0 bridgehead atoms. The van der Waals surface area contributed by atoms with Crippen molar-refractivity contribution in [3.05, 3.63) is 23.8 Å². The van der Waals surface area contributed by atoms with Gasteiger partial charge in [-0.1, -0.05) is 0 Å². The second-order valence-corrected chi connectivity index (χ2v) is 5.33. The summed E-state index contributed by atoms with van der Waals surface area (Å²) in [4.78, 5) is 13.4. The van der Waals surface area contributed by atoms with Crippen molar-refractivity contribution in [3.63, 3.8) is 0 Å². The molecule has 0 saturated carbocycles. The molecule has 0 aliphatic rings. The van der Waals surface area contributed by atoms with Crippen molar-refractivity contribution >= 4 is 11.7 Å². The molecule has 112 valence electrons. The number of carboxylic acids is 1. The van der Waals surface area contributed by atoms with Crippen molar-refractivity contribution in [1.82, 2.24) is 4.90 Å². The molecule has 1 rings (SSSR count). The van der Waals surface area contributed by atoms with Gasteiger partial charge in [0.25, 0.3) is 0 Å². The summed E-state index contributed by atoms with van der Waals surface area (Å²) >= 11 is 0. The number of hydrogen-bond donors (Lipinski definition) is 2. The highest BCUT2D eigenvalue weighted by Crippen LogP contribution is 2.21. The van der Waals surface area contributed by atoms with Crippen LogP contribution in [0.4, 0.5) is 5.69 Å². The Morgan fingerprint density at radius 2 is 1.90 bits per heavy atom. The molecule has 5 nitrogen and oxygen atoms in total. The predicted octanol–water partition coefficient (Wildman–Crippen LogP) is 2.46. The molecule has 0 aromatic heterocycles. The Labute approximate surface area is 120 Å². The molecule has 0 saturated heterocycles. The number of nitrogens with zero attached hydrogens (tertiary/aromatic N) is 1. The molecule has 0 spiro atoms. The van der Waals surface area contributed by atoms with E-state index in [4.69, 9.17) is 15.6 Å². The third kappa shape index (κ3) is 4.42. The van der Waals surface area contributed by atoms with E-state index in [1.54, 1.807) is 12.1 Å². The number of nitrogens with two attached hydrogens (primary N) is 1. The Hall–Kier alpha value is -1.75. The van der Waals surface area contributed by atoms with Crippen LogP contribution >= 0.6 is 0 Å². The zero-order valence-corrected chi connectivity index (χ0v) is 12.6. The molecular formula is C15H24N2O3. The normalized spacial score (nSPS) is 11.3. The zero-order valence-electron chi connectivity index (χ0n) is 12.6. The Kier molecular flexibility index (Phi) is 5.82. The summed E-state index contributed by atoms with van der Waals surface area (Å²) in [5.41, 5.74) is 6.11. The fourth-order valence-electron chi connectivity index (χ4n) is 2.21. The summed E-state index contributed by atoms with van der Waals surface area (Å²) < 4.78 is 5.61. The third-order valence-electron chi connectivity index (χ3n) is 3.17. The van der Waals surface area contributed by atoms with Crippen molar-refractivity contribution in [2.24, 2.45) is 0 Å². The van der Waals surface area contributed by atoms with E-state index >= 15 is 0 Å². The van der Waals surface area contributed by atoms with E-state index in [0.29, 0.717) is 30.1 Å². The van der Waals surface area contributed by atoms with E-state index in [0.717, 1.165) is 6.54 Å². The molecule has 3 N–H and O–H groups in total. The molecule has 0 atom stereocenters. The van der Waals surface area contributed by atoms with Gasteiger partial charge in [0.1, 0.15) is 17.9 Å². The lowest BCUT2D eigenvalue weighted by molar-refractivity contribution is 0.0690. The standard InChI is InChI=1S/C15H24N2O3/c1-10(2)17(11(3)4)7-8-20-14-6-5-12(16)9-13(14)15(18)19/h5-6,9-11H,7-8,16H2,1-4H3,(H,18,19). The summed E-state index contributed by atoms with van der Waals surface area (Å²) in [5.74, 6) is -0.670. The van der Waals surface area contributed by atoms with Crippen LogP contribution < -0.4 is 10.5 Å². The first-order chi connectivity index (χ1) is 9.32. The molecule has 0 fully saturated rings. The Morgan fingerprint density at radius 1 is 1.30 bits per heavy atom. The molecule has 1 aromatic carbocycles. The maximum Gasteiger partial charge on any atom is 0.339 e. The minimum atomic E-state index is -1.03. The molecule has 0 radical (unpaired) electrons. The lowest BCUT2D eigenvalue weighted by Gasteiger charge is -2.30. The largest absolute Gasteiger partial charge is 0.491 e. The summed E-state index contributed by atoms with van der Waals surface area (Å²) in [5, 5.41) is 9.13. The summed E-state index contributed by atoms with van der Waals surface area (Å²) in [7, 11) is 0. The second-order valence-electron chi connectivity index (χ2n) is 5.33. The van der Waals surface area contributed by atoms with Crippen LogP contribution in [-0.2, 0) is 0 Å². The molecule has 0 aliphatic carbocycles. The van der Waals surface area contributed by atoms with E-state index < -0.39 is 5.97 Å². The van der Waals surface area contributed by atoms with Crippen molar-refractivity contribution in [2.75, 3.05) is 18.9 Å². The first kappa shape index (κ1) is 16.3. The number of nitrogen functional groups attached to an aromatic ring is 1. The maximum atomic E-state index is 11.1. The topological polar surface area (TPSA) is 75.8 Å². The van der Waals surface area contributed by atoms with E-state index in [-0.39, 0.29) is 5.56 Å². The maximum absolute atomic E-state index is 11.1. The Morgan fingerprint density at radius 3 is 2.40 bits per heavy atom. The minimum absolute atomic E-state index is 0.102. The fourth-order valence-corrected chi connectivity index (χ4v) is 2.21. The lowest BCUT2D eigenvalue weighted by Crippen LogP contribution is -2.39. The van der Waals surface area contributed by atoms with Crippen LogP contribution in [0.15, 0.2) is 18.2 Å². The van der Waals surface area contributed by atoms with Gasteiger partial charge in [-0.05, 0) is 45.9 Å². The number of rotatable bonds is 7. The van der Waals surface area contributed by atoms with Crippen LogP contribution in [0.1, 0.15) is 38.1 Å². The van der Waals surface area contributed by atoms with Crippen LogP contribution in [0.5, 0.6) is 5.75 Å². The van der Waals surface area contributed by atoms with Gasteiger partial charge in [0.15, 0.2) is 0 Å². The van der Waals surface area contributed by atoms with Crippen molar-refractivity contribution in [1.29, 1.82) is 0 Å². The number of anilines is 1. The quantitative estimate of drug-likeness (QED) is 0.750. The monoisotopic (exact) mass is 280 g/mol. The van der Waals surface area contributed by atoms with Crippen LogP contribution in [0.25, 0.3) is 0 Å². The van der Waals surface area contributed by atoms with Crippen LogP contribution in [-0.4, -0.2) is 41.2 Å². The van der Waals surface area contributed by atoms with E-state index in [1.165, 1.54) is 6.07 Å². The van der Waals surface area contributed by atoms with Crippen LogP contribution in [0.2, 0.25) is 0 Å². The highest BCUT2D eigenvalue weighted by Gasteiger charge is 2.15. The molecule has 0 aliphatic heterocycles. The predicted molar refractivity (Wildman–Crippen MR) is 80.3 cm³/mol. The highest BCUT2D eigenvalue weighted by molar-refractivity contribution is 5.92. The summed E-state index contributed by atoms with van der Waals surface area (Å²) in [6.45, 7) is 9.72. The van der Waals surface area contributed by atoms with Gasteiger partial charge in [0, 0.05) is 24.3 Å². The zero-order chi connectivity index (χ0) is 15.3. The molecule has 20 heavy (non-hydrogen) atoms. The van der Waals surface area contributed by atoms with Gasteiger partial charge in [0.05, 0.1) is 0 Å². The minimum Gasteiger partial charge on any atom is -0.491 e. The number of carboxylic acid groups (broad SMARTS) is 1. The Bertz CT molecular complexity index is 450. The smallest absolute Gasteiger partial charge is 0.339 e. The van der Waals surface area contributed by atoms with Crippen molar-refractivity contribution in [2.45, 2.75) is 39.8 Å². The third-order valence-corrected chi connectivity index (χ3v) is 3.17. The highest BCUT2D eigenvalue weighted by atomic mass is 16.5. The number of hydrogen-bond acceptors (Lipinski definition) is 4. The van der Waals surface area contributed by atoms with E-state index in [9.17, 15) is 4.79 Å². The van der Waals surface area contributed by atoms with Crippen LogP contribution in [0, 0.1) is 0 Å². The number of aromatic carboxylic acids is 1. The van der Waals surface area contributed by atoms with E-state index in [2.05, 4.69) is 32.6 Å². The van der Waals surface area contributed by atoms with Crippen LogP contribution in [0.3, 0.4) is 0 Å². The van der Waals surface area contributed by atoms with Gasteiger partial charge >= 0.3 is 5.97 Å². The molecule has 0 amide bonds. The fraction of sp³-hybridized carbons (Fsp3) is 0.533. The molecule has 0 heterocycles. The SMILES string of the molecule is CC(C)N(CCOc1ccc(N)cc1C(=O)O)C(C)C. The average Bonchev–Trinajstić information content (AvgIpc) is 2.34. The first-order valence-corrected chi connectivity index (χ1v) is 6.84. The first-order valence-electron chi connectivity index (χ1n) is 6.84. The van der Waals surface area contributed by atoms with Crippen molar-refractivity contribution < 1.29 is 14.6 Å². The number of benzene rings is 1. The van der Waals surface area contributed by atoms with Gasteiger partial charge in [-0.15, -0.1) is 0 Å². The summed E-state index contributed by atoms with van der Waals surface area (Å²) in [6.07, 6.45) is 0. The molecular weight excluding hydrogens is 256 g/mol. The number of ether oxygens (including phenoxy) is 1. The van der Waals surface area contributed by atoms with Gasteiger partial charge in [-0.25, -0.2) is 4.79 Å². The van der Waals surface area contributed by atoms with Gasteiger partial charge in [-0.3, -0.25) is 4.90 Å². The molecule has 5 heteroatoms. The second kappa shape index (κ2) is 7.14. The summed E-state index contributed by atoms with van der Waals surface area (Å²) in [6, 6.07) is 5.51.